The number of rotatable bonds is 5. The SMILES string of the molecule is CCC(C)(C)C(=O)NCC(N)C(C)C. The third kappa shape index (κ3) is 4.09. The lowest BCUT2D eigenvalue weighted by Crippen LogP contribution is -2.44. The summed E-state index contributed by atoms with van der Waals surface area (Å²) < 4.78 is 0. The number of amides is 1. The zero-order valence-corrected chi connectivity index (χ0v) is 10.1. The molecule has 0 spiro atoms. The summed E-state index contributed by atoms with van der Waals surface area (Å²) in [6.07, 6.45) is 0.843. The molecule has 0 aromatic carbocycles. The second-order valence-corrected chi connectivity index (χ2v) is 4.86. The van der Waals surface area contributed by atoms with Crippen LogP contribution in [0.25, 0.3) is 0 Å². The average molecular weight is 200 g/mol. The van der Waals surface area contributed by atoms with Crippen molar-refractivity contribution in [2.24, 2.45) is 17.1 Å². The molecule has 0 rings (SSSR count). The largest absolute Gasteiger partial charge is 0.354 e. The van der Waals surface area contributed by atoms with Crippen molar-refractivity contribution in [3.63, 3.8) is 0 Å². The van der Waals surface area contributed by atoms with Gasteiger partial charge in [0, 0.05) is 18.0 Å². The predicted molar refractivity (Wildman–Crippen MR) is 59.9 cm³/mol. The Kier molecular flexibility index (Phi) is 5.13. The van der Waals surface area contributed by atoms with Gasteiger partial charge in [-0.05, 0) is 12.3 Å². The van der Waals surface area contributed by atoms with Crippen LogP contribution in [0.5, 0.6) is 0 Å². The molecule has 3 N–H and O–H groups in total. The number of nitrogens with two attached hydrogens (primary N) is 1. The highest BCUT2D eigenvalue weighted by Gasteiger charge is 2.25. The van der Waals surface area contributed by atoms with E-state index in [-0.39, 0.29) is 17.4 Å². The van der Waals surface area contributed by atoms with Gasteiger partial charge in [0.1, 0.15) is 0 Å². The van der Waals surface area contributed by atoms with Crippen LogP contribution in [0.4, 0.5) is 0 Å². The van der Waals surface area contributed by atoms with Gasteiger partial charge in [-0.25, -0.2) is 0 Å². The van der Waals surface area contributed by atoms with E-state index in [1.807, 2.05) is 20.8 Å². The average Bonchev–Trinajstić information content (AvgIpc) is 2.13. The molecular weight excluding hydrogens is 176 g/mol. The minimum Gasteiger partial charge on any atom is -0.354 e. The summed E-state index contributed by atoms with van der Waals surface area (Å²) in [6.45, 7) is 10.6. The van der Waals surface area contributed by atoms with E-state index in [9.17, 15) is 4.79 Å². The van der Waals surface area contributed by atoms with Gasteiger partial charge >= 0.3 is 0 Å². The maximum Gasteiger partial charge on any atom is 0.225 e. The third-order valence-corrected chi connectivity index (χ3v) is 2.85. The number of carbonyl (C=O) groups is 1. The molecule has 0 heterocycles. The molecule has 84 valence electrons. The van der Waals surface area contributed by atoms with Gasteiger partial charge in [0.15, 0.2) is 0 Å². The van der Waals surface area contributed by atoms with Crippen LogP contribution in [-0.2, 0) is 4.79 Å². The Labute approximate surface area is 87.4 Å². The van der Waals surface area contributed by atoms with E-state index in [1.54, 1.807) is 0 Å². The van der Waals surface area contributed by atoms with Crippen LogP contribution in [0.1, 0.15) is 41.0 Å². The van der Waals surface area contributed by atoms with E-state index in [4.69, 9.17) is 5.73 Å². The van der Waals surface area contributed by atoms with Gasteiger partial charge in [-0.1, -0.05) is 34.6 Å². The standard InChI is InChI=1S/C11H24N2O/c1-6-11(4,5)10(14)13-7-9(12)8(2)3/h8-9H,6-7,12H2,1-5H3,(H,13,14). The summed E-state index contributed by atoms with van der Waals surface area (Å²) in [7, 11) is 0. The van der Waals surface area contributed by atoms with E-state index in [0.717, 1.165) is 6.42 Å². The lowest BCUT2D eigenvalue weighted by Gasteiger charge is -2.24. The first-order chi connectivity index (χ1) is 6.31. The molecule has 1 amide bonds. The molecule has 1 atom stereocenters. The molecule has 0 aliphatic carbocycles. The Morgan fingerprint density at radius 1 is 1.43 bits per heavy atom. The molecule has 0 fully saturated rings. The van der Waals surface area contributed by atoms with Crippen molar-refractivity contribution in [2.75, 3.05) is 6.54 Å². The quantitative estimate of drug-likeness (QED) is 0.707. The highest BCUT2D eigenvalue weighted by atomic mass is 16.2. The van der Waals surface area contributed by atoms with Crippen LogP contribution < -0.4 is 11.1 Å². The van der Waals surface area contributed by atoms with Gasteiger partial charge in [0.25, 0.3) is 0 Å². The van der Waals surface area contributed by atoms with Crippen LogP contribution in [0.15, 0.2) is 0 Å². The first-order valence-electron chi connectivity index (χ1n) is 5.35. The number of carbonyl (C=O) groups excluding carboxylic acids is 1. The molecule has 0 saturated heterocycles. The first kappa shape index (κ1) is 13.4. The van der Waals surface area contributed by atoms with Gasteiger partial charge in [-0.3, -0.25) is 4.79 Å². The maximum atomic E-state index is 11.7. The van der Waals surface area contributed by atoms with Crippen LogP contribution in [0.3, 0.4) is 0 Å². The summed E-state index contributed by atoms with van der Waals surface area (Å²) in [5, 5.41) is 2.89. The Bertz CT molecular complexity index is 188. The zero-order chi connectivity index (χ0) is 11.4. The van der Waals surface area contributed by atoms with Gasteiger partial charge < -0.3 is 11.1 Å². The third-order valence-electron chi connectivity index (χ3n) is 2.85. The zero-order valence-electron chi connectivity index (χ0n) is 10.1. The fourth-order valence-electron chi connectivity index (χ4n) is 0.846. The molecule has 0 radical (unpaired) electrons. The molecule has 1 unspecified atom stereocenters. The van der Waals surface area contributed by atoms with Crippen molar-refractivity contribution in [1.82, 2.24) is 5.32 Å². The van der Waals surface area contributed by atoms with Gasteiger partial charge in [0.2, 0.25) is 5.91 Å². The first-order valence-corrected chi connectivity index (χ1v) is 5.35. The van der Waals surface area contributed by atoms with Gasteiger partial charge in [-0.2, -0.15) is 0 Å². The predicted octanol–water partition coefficient (Wildman–Crippen LogP) is 1.52. The Morgan fingerprint density at radius 2 is 1.93 bits per heavy atom. The summed E-state index contributed by atoms with van der Waals surface area (Å²) in [5.41, 5.74) is 5.55. The van der Waals surface area contributed by atoms with Crippen molar-refractivity contribution in [3.8, 4) is 0 Å². The Morgan fingerprint density at radius 3 is 2.29 bits per heavy atom. The lowest BCUT2D eigenvalue weighted by atomic mass is 9.89. The molecule has 3 nitrogen and oxygen atoms in total. The second kappa shape index (κ2) is 5.35. The normalized spacial score (nSPS) is 14.2. The molecule has 0 aromatic heterocycles. The van der Waals surface area contributed by atoms with E-state index < -0.39 is 0 Å². The number of hydrogen-bond donors (Lipinski definition) is 2. The lowest BCUT2D eigenvalue weighted by molar-refractivity contribution is -0.129. The van der Waals surface area contributed by atoms with Crippen LogP contribution >= 0.6 is 0 Å². The van der Waals surface area contributed by atoms with Crippen LogP contribution in [-0.4, -0.2) is 18.5 Å². The topological polar surface area (TPSA) is 55.1 Å². The fourth-order valence-corrected chi connectivity index (χ4v) is 0.846. The van der Waals surface area contributed by atoms with Crippen molar-refractivity contribution in [2.45, 2.75) is 47.1 Å². The smallest absolute Gasteiger partial charge is 0.225 e. The minimum atomic E-state index is -0.281. The molecular formula is C11H24N2O. The Balaban J connectivity index is 3.97. The van der Waals surface area contributed by atoms with Gasteiger partial charge in [0.05, 0.1) is 0 Å². The molecule has 0 aliphatic heterocycles. The summed E-state index contributed by atoms with van der Waals surface area (Å²) in [4.78, 5) is 11.7. The number of hydrogen-bond acceptors (Lipinski definition) is 2. The monoisotopic (exact) mass is 200 g/mol. The van der Waals surface area contributed by atoms with Crippen molar-refractivity contribution < 1.29 is 4.79 Å². The molecule has 0 aromatic rings. The Hall–Kier alpha value is -0.570. The molecule has 3 heteroatoms. The fraction of sp³-hybridized carbons (Fsp3) is 0.909. The van der Waals surface area contributed by atoms with E-state index in [2.05, 4.69) is 19.2 Å². The van der Waals surface area contributed by atoms with E-state index in [1.165, 1.54) is 0 Å². The van der Waals surface area contributed by atoms with Crippen LogP contribution in [0, 0.1) is 11.3 Å². The van der Waals surface area contributed by atoms with Gasteiger partial charge in [-0.15, -0.1) is 0 Å². The van der Waals surface area contributed by atoms with Crippen LogP contribution in [0.2, 0.25) is 0 Å². The van der Waals surface area contributed by atoms with Crippen molar-refractivity contribution in [1.29, 1.82) is 0 Å². The summed E-state index contributed by atoms with van der Waals surface area (Å²) in [5.74, 6) is 0.496. The minimum absolute atomic E-state index is 0.0478. The van der Waals surface area contributed by atoms with Crippen molar-refractivity contribution in [3.05, 3.63) is 0 Å². The summed E-state index contributed by atoms with van der Waals surface area (Å²) >= 11 is 0. The summed E-state index contributed by atoms with van der Waals surface area (Å²) in [6, 6.07) is 0.0478. The second-order valence-electron chi connectivity index (χ2n) is 4.86. The molecule has 0 bridgehead atoms. The highest BCUT2D eigenvalue weighted by Crippen LogP contribution is 2.19. The molecule has 14 heavy (non-hydrogen) atoms. The van der Waals surface area contributed by atoms with Crippen molar-refractivity contribution >= 4 is 5.91 Å². The molecule has 0 aliphatic rings. The van der Waals surface area contributed by atoms with E-state index in [0.29, 0.717) is 12.5 Å². The maximum absolute atomic E-state index is 11.7. The molecule has 0 saturated carbocycles. The van der Waals surface area contributed by atoms with E-state index >= 15 is 0 Å². The number of nitrogens with one attached hydrogen (secondary N) is 1. The highest BCUT2D eigenvalue weighted by molar-refractivity contribution is 5.81.